The van der Waals surface area contributed by atoms with Gasteiger partial charge in [0.15, 0.2) is 5.43 Å². The molecule has 0 radical (unpaired) electrons. The van der Waals surface area contributed by atoms with Gasteiger partial charge in [-0.2, -0.15) is 0 Å². The topological polar surface area (TPSA) is 72.6 Å². The molecule has 0 saturated carbocycles. The Morgan fingerprint density at radius 3 is 2.52 bits per heavy atom. The maximum atomic E-state index is 13.5. The van der Waals surface area contributed by atoms with Crippen LogP contribution in [0, 0.1) is 0 Å². The third-order valence-corrected chi connectivity index (χ3v) is 5.89. The molecule has 1 aliphatic heterocycles. The molecule has 1 atom stereocenters. The number of carbonyl (C=O) groups is 1. The van der Waals surface area contributed by atoms with Gasteiger partial charge in [-0.25, -0.2) is 4.98 Å². The minimum atomic E-state index is -0.641. The number of ether oxygens (including phenoxy) is 1. The second-order valence-corrected chi connectivity index (χ2v) is 8.06. The molecule has 0 fully saturated rings. The number of rotatable bonds is 7. The number of pyridine rings is 1. The molecule has 166 valence electrons. The summed E-state index contributed by atoms with van der Waals surface area (Å²) in [5.74, 6) is 0.905. The molecule has 0 unspecified atom stereocenters. The first-order valence-electron chi connectivity index (χ1n) is 11.2. The SMILES string of the molecule is CCCCCOc1ccc([C@H]2c3c(oc4ccccc4c3=O)C(=O)N2c2ccccn2)cc1. The number of nitrogens with zero attached hydrogens (tertiary/aromatic N) is 2. The summed E-state index contributed by atoms with van der Waals surface area (Å²) in [6.07, 6.45) is 4.89. The Labute approximate surface area is 191 Å². The van der Waals surface area contributed by atoms with Crippen molar-refractivity contribution in [3.63, 3.8) is 0 Å². The van der Waals surface area contributed by atoms with Crippen LogP contribution in [0.1, 0.15) is 53.9 Å². The highest BCUT2D eigenvalue weighted by Crippen LogP contribution is 2.40. The van der Waals surface area contributed by atoms with Crippen LogP contribution in [0.2, 0.25) is 0 Å². The Morgan fingerprint density at radius 1 is 0.970 bits per heavy atom. The average molecular weight is 440 g/mol. The van der Waals surface area contributed by atoms with Gasteiger partial charge in [0.05, 0.1) is 23.6 Å². The smallest absolute Gasteiger partial charge is 0.296 e. The quantitative estimate of drug-likeness (QED) is 0.355. The van der Waals surface area contributed by atoms with Gasteiger partial charge in [-0.3, -0.25) is 14.5 Å². The molecule has 5 rings (SSSR count). The van der Waals surface area contributed by atoms with Gasteiger partial charge in [0.25, 0.3) is 5.91 Å². The Morgan fingerprint density at radius 2 is 1.76 bits per heavy atom. The number of fused-ring (bicyclic) bond motifs is 2. The minimum absolute atomic E-state index is 0.0641. The van der Waals surface area contributed by atoms with E-state index < -0.39 is 6.04 Å². The fourth-order valence-corrected chi connectivity index (χ4v) is 4.26. The van der Waals surface area contributed by atoms with Crippen molar-refractivity contribution in [1.29, 1.82) is 0 Å². The van der Waals surface area contributed by atoms with Crippen LogP contribution in [0.5, 0.6) is 5.75 Å². The van der Waals surface area contributed by atoms with Crippen molar-refractivity contribution < 1.29 is 13.9 Å². The first kappa shape index (κ1) is 20.9. The Bertz CT molecular complexity index is 1350. The summed E-state index contributed by atoms with van der Waals surface area (Å²) < 4.78 is 11.8. The van der Waals surface area contributed by atoms with Crippen LogP contribution < -0.4 is 15.1 Å². The summed E-state index contributed by atoms with van der Waals surface area (Å²) in [6.45, 7) is 2.82. The molecular weight excluding hydrogens is 416 g/mol. The number of carbonyl (C=O) groups excluding carboxylic acids is 1. The molecular formula is C27H24N2O4. The standard InChI is InChI=1S/C27H24N2O4/c1-2-3-8-17-32-19-14-12-18(13-15-19)24-23-25(30)20-9-4-5-10-21(20)33-26(23)27(31)29(24)22-11-6-7-16-28-22/h4-7,9-16,24H,2-3,8,17H2,1H3/t24-/m0/s1. The lowest BCUT2D eigenvalue weighted by molar-refractivity contribution is 0.0970. The van der Waals surface area contributed by atoms with Crippen molar-refractivity contribution in [2.45, 2.75) is 32.2 Å². The molecule has 0 bridgehead atoms. The lowest BCUT2D eigenvalue weighted by Crippen LogP contribution is -2.30. The van der Waals surface area contributed by atoms with Crippen LogP contribution in [0.25, 0.3) is 11.0 Å². The van der Waals surface area contributed by atoms with Crippen LogP contribution in [0.15, 0.2) is 82.1 Å². The van der Waals surface area contributed by atoms with Crippen molar-refractivity contribution in [3.8, 4) is 5.75 Å². The van der Waals surface area contributed by atoms with E-state index in [2.05, 4.69) is 11.9 Å². The first-order chi connectivity index (χ1) is 16.2. The number of hydrogen-bond donors (Lipinski definition) is 0. The number of anilines is 1. The molecule has 0 spiro atoms. The van der Waals surface area contributed by atoms with E-state index in [0.29, 0.717) is 29.0 Å². The third-order valence-electron chi connectivity index (χ3n) is 5.89. The van der Waals surface area contributed by atoms with Crippen LogP contribution in [-0.2, 0) is 0 Å². The van der Waals surface area contributed by atoms with E-state index in [1.54, 1.807) is 42.6 Å². The van der Waals surface area contributed by atoms with E-state index in [1.165, 1.54) is 4.90 Å². The first-order valence-corrected chi connectivity index (χ1v) is 11.2. The summed E-state index contributed by atoms with van der Waals surface area (Å²) in [4.78, 5) is 32.9. The molecule has 33 heavy (non-hydrogen) atoms. The van der Waals surface area contributed by atoms with Gasteiger partial charge in [0, 0.05) is 6.20 Å². The maximum absolute atomic E-state index is 13.5. The number of unbranched alkanes of at least 4 members (excludes halogenated alkanes) is 2. The van der Waals surface area contributed by atoms with Crippen molar-refractivity contribution >= 4 is 22.7 Å². The van der Waals surface area contributed by atoms with E-state index in [4.69, 9.17) is 9.15 Å². The summed E-state index contributed by atoms with van der Waals surface area (Å²) in [5, 5.41) is 0.452. The molecule has 0 N–H and O–H groups in total. The van der Waals surface area contributed by atoms with Crippen molar-refractivity contribution in [2.24, 2.45) is 0 Å². The van der Waals surface area contributed by atoms with Gasteiger partial charge in [-0.05, 0) is 48.4 Å². The largest absolute Gasteiger partial charge is 0.494 e. The Hall–Kier alpha value is -3.93. The van der Waals surface area contributed by atoms with Gasteiger partial charge in [-0.15, -0.1) is 0 Å². The second-order valence-electron chi connectivity index (χ2n) is 8.06. The number of aromatic nitrogens is 1. The zero-order valence-corrected chi connectivity index (χ0v) is 18.4. The Kier molecular flexibility index (Phi) is 5.65. The molecule has 2 aromatic heterocycles. The van der Waals surface area contributed by atoms with Crippen LogP contribution in [0.4, 0.5) is 5.82 Å². The molecule has 6 nitrogen and oxygen atoms in total. The normalized spacial score (nSPS) is 15.1. The highest BCUT2D eigenvalue weighted by molar-refractivity contribution is 6.10. The number of amides is 1. The monoisotopic (exact) mass is 440 g/mol. The van der Waals surface area contributed by atoms with Crippen molar-refractivity contribution in [3.05, 3.63) is 100 Å². The number of hydrogen-bond acceptors (Lipinski definition) is 5. The summed E-state index contributed by atoms with van der Waals surface area (Å²) in [6, 6.07) is 19.3. The van der Waals surface area contributed by atoms with Crippen LogP contribution >= 0.6 is 0 Å². The van der Waals surface area contributed by atoms with Crippen LogP contribution in [-0.4, -0.2) is 17.5 Å². The molecule has 3 heterocycles. The highest BCUT2D eigenvalue weighted by Gasteiger charge is 2.44. The molecule has 0 aliphatic carbocycles. The zero-order valence-electron chi connectivity index (χ0n) is 18.4. The summed E-state index contributed by atoms with van der Waals surface area (Å²) in [5.41, 5.74) is 1.31. The summed E-state index contributed by atoms with van der Waals surface area (Å²) >= 11 is 0. The number of benzene rings is 2. The second kappa shape index (κ2) is 8.90. The lowest BCUT2D eigenvalue weighted by Gasteiger charge is -2.24. The molecule has 1 amide bonds. The van der Waals surface area contributed by atoms with Crippen molar-refractivity contribution in [2.75, 3.05) is 11.5 Å². The molecule has 6 heteroatoms. The van der Waals surface area contributed by atoms with Crippen LogP contribution in [0.3, 0.4) is 0 Å². The Balaban J connectivity index is 1.60. The van der Waals surface area contributed by atoms with E-state index in [-0.39, 0.29) is 17.1 Å². The molecule has 0 saturated heterocycles. The predicted molar refractivity (Wildman–Crippen MR) is 127 cm³/mol. The van der Waals surface area contributed by atoms with Gasteiger partial charge < -0.3 is 9.15 Å². The van der Waals surface area contributed by atoms with E-state index in [9.17, 15) is 9.59 Å². The molecule has 1 aliphatic rings. The van der Waals surface area contributed by atoms with Gasteiger partial charge in [0.2, 0.25) is 5.76 Å². The number of para-hydroxylation sites is 1. The lowest BCUT2D eigenvalue weighted by atomic mass is 9.98. The van der Waals surface area contributed by atoms with Gasteiger partial charge in [0.1, 0.15) is 17.2 Å². The van der Waals surface area contributed by atoms with Gasteiger partial charge >= 0.3 is 0 Å². The predicted octanol–water partition coefficient (Wildman–Crippen LogP) is 5.51. The third kappa shape index (κ3) is 3.78. The van der Waals surface area contributed by atoms with E-state index >= 15 is 0 Å². The van der Waals surface area contributed by atoms with Crippen molar-refractivity contribution in [1.82, 2.24) is 4.98 Å². The van der Waals surface area contributed by atoms with E-state index in [1.807, 2.05) is 30.3 Å². The minimum Gasteiger partial charge on any atom is -0.494 e. The molecule has 4 aromatic rings. The zero-order chi connectivity index (χ0) is 22.8. The van der Waals surface area contributed by atoms with Gasteiger partial charge in [-0.1, -0.05) is 50.1 Å². The molecule has 2 aromatic carbocycles. The fourth-order valence-electron chi connectivity index (χ4n) is 4.26. The van der Waals surface area contributed by atoms with E-state index in [0.717, 1.165) is 30.6 Å². The average Bonchev–Trinajstić information content (AvgIpc) is 3.15. The fraction of sp³-hybridized carbons (Fsp3) is 0.222. The summed E-state index contributed by atoms with van der Waals surface area (Å²) in [7, 11) is 0. The maximum Gasteiger partial charge on any atom is 0.296 e. The highest BCUT2D eigenvalue weighted by atomic mass is 16.5.